The molecule has 0 aliphatic heterocycles. The van der Waals surface area contributed by atoms with Crippen molar-refractivity contribution in [2.75, 3.05) is 0 Å². The maximum absolute atomic E-state index is 6.25. The van der Waals surface area contributed by atoms with Gasteiger partial charge in [0.2, 0.25) is 0 Å². The van der Waals surface area contributed by atoms with Gasteiger partial charge in [0, 0.05) is 12.6 Å². The lowest BCUT2D eigenvalue weighted by molar-refractivity contribution is 0.242. The first kappa shape index (κ1) is 15.9. The molecule has 0 saturated heterocycles. The highest BCUT2D eigenvalue weighted by molar-refractivity contribution is 6.32. The first-order valence-corrected chi connectivity index (χ1v) is 7.67. The summed E-state index contributed by atoms with van der Waals surface area (Å²) in [6, 6.07) is 16.7. The van der Waals surface area contributed by atoms with E-state index in [4.69, 9.17) is 16.3 Å². The van der Waals surface area contributed by atoms with Crippen LogP contribution in [0, 0.1) is 0 Å². The molecule has 0 aliphatic rings. The summed E-state index contributed by atoms with van der Waals surface area (Å²) in [6.45, 7) is 6.92. The van der Waals surface area contributed by atoms with Crippen molar-refractivity contribution in [1.29, 1.82) is 0 Å². The van der Waals surface area contributed by atoms with Crippen molar-refractivity contribution in [2.45, 2.75) is 39.5 Å². The molecule has 0 fully saturated rings. The molecule has 2 rings (SSSR count). The molecule has 2 nitrogen and oxygen atoms in total. The Labute approximate surface area is 132 Å². The fourth-order valence-electron chi connectivity index (χ4n) is 2.13. The third-order valence-corrected chi connectivity index (χ3v) is 3.57. The zero-order chi connectivity index (χ0) is 15.2. The first-order valence-electron chi connectivity index (χ1n) is 7.29. The van der Waals surface area contributed by atoms with Crippen LogP contribution in [0.1, 0.15) is 37.9 Å². The molecule has 112 valence electrons. The molecule has 0 saturated carbocycles. The Morgan fingerprint density at radius 1 is 1.05 bits per heavy atom. The van der Waals surface area contributed by atoms with E-state index in [-0.39, 0.29) is 6.10 Å². The van der Waals surface area contributed by atoms with Gasteiger partial charge >= 0.3 is 0 Å². The van der Waals surface area contributed by atoms with E-state index in [1.807, 2.05) is 38.1 Å². The minimum Gasteiger partial charge on any atom is -0.489 e. The van der Waals surface area contributed by atoms with Crippen LogP contribution in [0.25, 0.3) is 0 Å². The Bertz CT molecular complexity index is 569. The smallest absolute Gasteiger partial charge is 0.138 e. The van der Waals surface area contributed by atoms with Gasteiger partial charge in [0.05, 0.1) is 11.1 Å². The minimum absolute atomic E-state index is 0.129. The average molecular weight is 304 g/mol. The van der Waals surface area contributed by atoms with Gasteiger partial charge in [0.1, 0.15) is 5.75 Å². The number of rotatable bonds is 6. The predicted molar refractivity (Wildman–Crippen MR) is 88.9 cm³/mol. The summed E-state index contributed by atoms with van der Waals surface area (Å²) in [5.41, 5.74) is 2.43. The van der Waals surface area contributed by atoms with Crippen molar-refractivity contribution < 1.29 is 4.74 Å². The number of hydrogen-bond acceptors (Lipinski definition) is 2. The molecule has 1 N–H and O–H groups in total. The molecule has 0 unspecified atom stereocenters. The second kappa shape index (κ2) is 7.48. The van der Waals surface area contributed by atoms with Gasteiger partial charge in [-0.25, -0.2) is 0 Å². The van der Waals surface area contributed by atoms with E-state index in [9.17, 15) is 0 Å². The van der Waals surface area contributed by atoms with Gasteiger partial charge in [-0.1, -0.05) is 48.0 Å². The van der Waals surface area contributed by atoms with Crippen molar-refractivity contribution in [3.63, 3.8) is 0 Å². The molecule has 2 aromatic carbocycles. The number of halogens is 1. The molecule has 0 aliphatic carbocycles. The highest BCUT2D eigenvalue weighted by Crippen LogP contribution is 2.26. The van der Waals surface area contributed by atoms with Gasteiger partial charge in [-0.2, -0.15) is 0 Å². The lowest BCUT2D eigenvalue weighted by Gasteiger charge is -2.15. The highest BCUT2D eigenvalue weighted by Gasteiger charge is 2.07. The Morgan fingerprint density at radius 3 is 2.38 bits per heavy atom. The summed E-state index contributed by atoms with van der Waals surface area (Å²) >= 11 is 6.25. The molecule has 0 radical (unpaired) electrons. The van der Waals surface area contributed by atoms with Gasteiger partial charge in [-0.05, 0) is 44.0 Å². The molecule has 0 amide bonds. The zero-order valence-electron chi connectivity index (χ0n) is 12.8. The van der Waals surface area contributed by atoms with Gasteiger partial charge < -0.3 is 10.1 Å². The number of nitrogens with one attached hydrogen (secondary N) is 1. The number of ether oxygens (including phenoxy) is 1. The average Bonchev–Trinajstić information content (AvgIpc) is 2.48. The molecule has 0 bridgehead atoms. The van der Waals surface area contributed by atoms with E-state index in [2.05, 4.69) is 36.5 Å². The Morgan fingerprint density at radius 2 is 1.76 bits per heavy atom. The van der Waals surface area contributed by atoms with Crippen molar-refractivity contribution >= 4 is 11.6 Å². The van der Waals surface area contributed by atoms with Crippen LogP contribution in [0.2, 0.25) is 5.02 Å². The largest absolute Gasteiger partial charge is 0.489 e. The molecular formula is C18H22ClNO. The predicted octanol–water partition coefficient (Wildman–Crippen LogP) is 4.98. The van der Waals surface area contributed by atoms with Crippen LogP contribution in [-0.4, -0.2) is 6.10 Å². The number of hydrogen-bond donors (Lipinski definition) is 1. The molecule has 3 heteroatoms. The summed E-state index contributed by atoms with van der Waals surface area (Å²) in [5, 5.41) is 4.17. The monoisotopic (exact) mass is 303 g/mol. The van der Waals surface area contributed by atoms with E-state index >= 15 is 0 Å². The van der Waals surface area contributed by atoms with Crippen LogP contribution in [0.4, 0.5) is 0 Å². The Kier molecular flexibility index (Phi) is 5.66. The van der Waals surface area contributed by atoms with Crippen LogP contribution in [0.15, 0.2) is 48.5 Å². The van der Waals surface area contributed by atoms with Crippen molar-refractivity contribution in [3.05, 3.63) is 64.7 Å². The second-order valence-corrected chi connectivity index (χ2v) is 5.85. The normalized spacial score (nSPS) is 12.4. The van der Waals surface area contributed by atoms with Crippen molar-refractivity contribution in [1.82, 2.24) is 5.32 Å². The van der Waals surface area contributed by atoms with Crippen molar-refractivity contribution in [2.24, 2.45) is 0 Å². The SMILES string of the molecule is CC(C)Oc1ccc(CN[C@H](C)c2ccccc2)cc1Cl. The Hall–Kier alpha value is -1.51. The van der Waals surface area contributed by atoms with Gasteiger partial charge in [0.15, 0.2) is 0 Å². The van der Waals surface area contributed by atoms with Crippen LogP contribution in [-0.2, 0) is 6.54 Å². The molecule has 0 heterocycles. The summed E-state index contributed by atoms with van der Waals surface area (Å²) in [6.07, 6.45) is 0.129. The lowest BCUT2D eigenvalue weighted by Crippen LogP contribution is -2.18. The van der Waals surface area contributed by atoms with Crippen LogP contribution in [0.3, 0.4) is 0 Å². The maximum atomic E-state index is 6.25. The van der Waals surface area contributed by atoms with E-state index in [0.29, 0.717) is 11.1 Å². The van der Waals surface area contributed by atoms with Gasteiger partial charge in [-0.15, -0.1) is 0 Å². The summed E-state index contributed by atoms with van der Waals surface area (Å²) in [4.78, 5) is 0. The zero-order valence-corrected chi connectivity index (χ0v) is 13.5. The summed E-state index contributed by atoms with van der Waals surface area (Å²) in [7, 11) is 0. The third-order valence-electron chi connectivity index (χ3n) is 3.27. The van der Waals surface area contributed by atoms with Crippen LogP contribution >= 0.6 is 11.6 Å². The van der Waals surface area contributed by atoms with Crippen LogP contribution in [0.5, 0.6) is 5.75 Å². The Balaban J connectivity index is 1.96. The van der Waals surface area contributed by atoms with Gasteiger partial charge in [-0.3, -0.25) is 0 Å². The fourth-order valence-corrected chi connectivity index (χ4v) is 2.38. The molecule has 21 heavy (non-hydrogen) atoms. The van der Waals surface area contributed by atoms with E-state index in [1.54, 1.807) is 0 Å². The molecule has 0 aromatic heterocycles. The lowest BCUT2D eigenvalue weighted by atomic mass is 10.1. The maximum Gasteiger partial charge on any atom is 0.138 e. The molecule has 2 aromatic rings. The molecule has 0 spiro atoms. The van der Waals surface area contributed by atoms with Crippen LogP contribution < -0.4 is 10.1 Å². The highest BCUT2D eigenvalue weighted by atomic mass is 35.5. The molecular weight excluding hydrogens is 282 g/mol. The van der Waals surface area contributed by atoms with E-state index in [1.165, 1.54) is 5.56 Å². The number of benzene rings is 2. The second-order valence-electron chi connectivity index (χ2n) is 5.44. The molecule has 1 atom stereocenters. The quantitative estimate of drug-likeness (QED) is 0.813. The van der Waals surface area contributed by atoms with Gasteiger partial charge in [0.25, 0.3) is 0 Å². The standard InChI is InChI=1S/C18H22ClNO/c1-13(2)21-18-10-9-15(11-17(18)19)12-20-14(3)16-7-5-4-6-8-16/h4-11,13-14,20H,12H2,1-3H3/t14-/m1/s1. The third kappa shape index (κ3) is 4.76. The first-order chi connectivity index (χ1) is 10.1. The van der Waals surface area contributed by atoms with E-state index < -0.39 is 0 Å². The topological polar surface area (TPSA) is 21.3 Å². The van der Waals surface area contributed by atoms with Crippen molar-refractivity contribution in [3.8, 4) is 5.75 Å². The van der Waals surface area contributed by atoms with E-state index in [0.717, 1.165) is 17.9 Å². The summed E-state index contributed by atoms with van der Waals surface area (Å²) < 4.78 is 5.64. The summed E-state index contributed by atoms with van der Waals surface area (Å²) in [5.74, 6) is 0.742. The fraction of sp³-hybridized carbons (Fsp3) is 0.333. The minimum atomic E-state index is 0.129.